The second-order valence-electron chi connectivity index (χ2n) is 6.80. The average molecular weight is 468 g/mol. The number of halogens is 1. The molecule has 0 N–H and O–H groups in total. The third-order valence-electron chi connectivity index (χ3n) is 4.79. The second kappa shape index (κ2) is 9.17. The van der Waals surface area contributed by atoms with Gasteiger partial charge in [0.1, 0.15) is 11.4 Å². The first-order chi connectivity index (χ1) is 15.9. The maximum absolute atomic E-state index is 13.7. The van der Waals surface area contributed by atoms with Crippen molar-refractivity contribution in [3.63, 3.8) is 0 Å². The van der Waals surface area contributed by atoms with E-state index in [0.717, 1.165) is 17.4 Å². The monoisotopic (exact) mass is 468 g/mol. The van der Waals surface area contributed by atoms with Crippen molar-refractivity contribution in [2.45, 2.75) is 6.54 Å². The van der Waals surface area contributed by atoms with Gasteiger partial charge in [-0.3, -0.25) is 24.8 Å². The van der Waals surface area contributed by atoms with E-state index in [1.54, 1.807) is 24.4 Å². The summed E-state index contributed by atoms with van der Waals surface area (Å²) in [5.41, 5.74) is 0.381. The summed E-state index contributed by atoms with van der Waals surface area (Å²) in [5.74, 6) is -0.841. The zero-order valence-corrected chi connectivity index (χ0v) is 18.3. The molecule has 0 unspecified atom stereocenters. The van der Waals surface area contributed by atoms with Crippen molar-refractivity contribution in [1.29, 1.82) is 0 Å². The quantitative estimate of drug-likeness (QED) is 0.288. The number of aromatic nitrogens is 2. The van der Waals surface area contributed by atoms with Gasteiger partial charge in [0, 0.05) is 12.3 Å². The summed E-state index contributed by atoms with van der Waals surface area (Å²) in [6.07, 6.45) is 1.57. The molecule has 9 nitrogen and oxygen atoms in total. The predicted octanol–water partition coefficient (Wildman–Crippen LogP) is 4.60. The lowest BCUT2D eigenvalue weighted by Gasteiger charge is -2.20. The Bertz CT molecular complexity index is 1350. The van der Waals surface area contributed by atoms with Crippen LogP contribution in [0.5, 0.6) is 11.5 Å². The van der Waals surface area contributed by atoms with Crippen LogP contribution in [0.25, 0.3) is 10.2 Å². The summed E-state index contributed by atoms with van der Waals surface area (Å²) in [5, 5.41) is 12.0. The molecule has 0 aliphatic carbocycles. The minimum Gasteiger partial charge on any atom is -0.493 e. The number of anilines is 1. The van der Waals surface area contributed by atoms with Crippen LogP contribution in [0.3, 0.4) is 0 Å². The summed E-state index contributed by atoms with van der Waals surface area (Å²) in [4.78, 5) is 34.8. The van der Waals surface area contributed by atoms with Crippen molar-refractivity contribution < 1.29 is 23.6 Å². The smallest absolute Gasteiger partial charge is 0.286 e. The third-order valence-corrected chi connectivity index (χ3v) is 5.83. The van der Waals surface area contributed by atoms with Crippen molar-refractivity contribution >= 4 is 38.3 Å². The van der Waals surface area contributed by atoms with E-state index in [1.807, 2.05) is 0 Å². The van der Waals surface area contributed by atoms with Gasteiger partial charge in [0.05, 0.1) is 47.7 Å². The molecule has 11 heteroatoms. The Morgan fingerprint density at radius 3 is 2.58 bits per heavy atom. The third kappa shape index (κ3) is 4.44. The summed E-state index contributed by atoms with van der Waals surface area (Å²) in [7, 11) is 2.71. The average Bonchev–Trinajstić information content (AvgIpc) is 3.24. The normalized spacial score (nSPS) is 10.8. The van der Waals surface area contributed by atoms with Crippen molar-refractivity contribution in [2.75, 3.05) is 19.1 Å². The highest BCUT2D eigenvalue weighted by molar-refractivity contribution is 7.22. The molecular weight excluding hydrogens is 451 g/mol. The maximum atomic E-state index is 13.7. The number of carbonyl (C=O) groups excluding carboxylic acids is 1. The fourth-order valence-electron chi connectivity index (χ4n) is 3.22. The Morgan fingerprint density at radius 2 is 1.91 bits per heavy atom. The van der Waals surface area contributed by atoms with E-state index >= 15 is 0 Å². The number of benzene rings is 2. The van der Waals surface area contributed by atoms with Gasteiger partial charge < -0.3 is 9.47 Å². The topological polar surface area (TPSA) is 108 Å². The van der Waals surface area contributed by atoms with Crippen LogP contribution in [-0.2, 0) is 6.54 Å². The number of methoxy groups -OCH3 is 2. The zero-order valence-electron chi connectivity index (χ0n) is 17.5. The van der Waals surface area contributed by atoms with Gasteiger partial charge in [-0.05, 0) is 30.3 Å². The highest BCUT2D eigenvalue weighted by atomic mass is 32.1. The lowest BCUT2D eigenvalue weighted by molar-refractivity contribution is -0.385. The van der Waals surface area contributed by atoms with Gasteiger partial charge in [-0.15, -0.1) is 0 Å². The Labute approximate surface area is 191 Å². The fourth-order valence-corrected chi connectivity index (χ4v) is 4.21. The number of hydrogen-bond donors (Lipinski definition) is 0. The molecule has 4 rings (SSSR count). The number of rotatable bonds is 7. The maximum Gasteiger partial charge on any atom is 0.286 e. The van der Waals surface area contributed by atoms with E-state index in [9.17, 15) is 19.3 Å². The number of fused-ring (bicyclic) bond motifs is 1. The molecule has 0 saturated carbocycles. The number of carbonyl (C=O) groups is 1. The first-order valence-corrected chi connectivity index (χ1v) is 10.4. The van der Waals surface area contributed by atoms with Gasteiger partial charge in [0.25, 0.3) is 11.6 Å². The molecule has 2 heterocycles. The Hall–Kier alpha value is -4.12. The molecule has 168 valence electrons. The molecule has 2 aromatic heterocycles. The standard InChI is InChI=1S/C22H17FN4O5S/c1-31-18-10-15(17(27(29)30)11-19(18)32-2)21(28)26(12-14-5-3-4-8-24-14)22-25-16-7-6-13(23)9-20(16)33-22/h3-11H,12H2,1-2H3. The molecule has 0 bridgehead atoms. The molecule has 0 saturated heterocycles. The van der Waals surface area contributed by atoms with Crippen LogP contribution in [-0.4, -0.2) is 35.0 Å². The Kier molecular flexibility index (Phi) is 6.13. The largest absolute Gasteiger partial charge is 0.493 e. The zero-order chi connectivity index (χ0) is 23.5. The Balaban J connectivity index is 1.86. The predicted molar refractivity (Wildman–Crippen MR) is 121 cm³/mol. The van der Waals surface area contributed by atoms with E-state index in [4.69, 9.17) is 9.47 Å². The van der Waals surface area contributed by atoms with Gasteiger partial charge in [-0.2, -0.15) is 0 Å². The highest BCUT2D eigenvalue weighted by Crippen LogP contribution is 2.37. The van der Waals surface area contributed by atoms with Crippen LogP contribution in [0.1, 0.15) is 16.1 Å². The van der Waals surface area contributed by atoms with E-state index in [-0.39, 0.29) is 28.7 Å². The van der Waals surface area contributed by atoms with Crippen LogP contribution in [0, 0.1) is 15.9 Å². The minimum atomic E-state index is -0.687. The van der Waals surface area contributed by atoms with Gasteiger partial charge in [0.15, 0.2) is 16.6 Å². The summed E-state index contributed by atoms with van der Waals surface area (Å²) in [6.45, 7) is -0.00647. The number of hydrogen-bond acceptors (Lipinski definition) is 8. The number of ether oxygens (including phenoxy) is 2. The van der Waals surface area contributed by atoms with E-state index < -0.39 is 22.3 Å². The number of nitrogens with zero attached hydrogens (tertiary/aromatic N) is 4. The molecule has 0 radical (unpaired) electrons. The summed E-state index contributed by atoms with van der Waals surface area (Å²) >= 11 is 1.09. The van der Waals surface area contributed by atoms with Crippen molar-refractivity contribution in [2.24, 2.45) is 0 Å². The molecule has 0 fully saturated rings. The number of amides is 1. The van der Waals surface area contributed by atoms with E-state index in [1.165, 1.54) is 43.4 Å². The molecule has 4 aromatic rings. The SMILES string of the molecule is COc1cc(C(=O)N(Cc2ccccn2)c2nc3ccc(F)cc3s2)c([N+](=O)[O-])cc1OC. The number of pyridine rings is 1. The number of nitro groups is 1. The number of nitro benzene ring substituents is 1. The fraction of sp³-hybridized carbons (Fsp3) is 0.136. The highest BCUT2D eigenvalue weighted by Gasteiger charge is 2.30. The van der Waals surface area contributed by atoms with E-state index in [0.29, 0.717) is 15.9 Å². The molecule has 0 spiro atoms. The van der Waals surface area contributed by atoms with Crippen LogP contribution in [0.15, 0.2) is 54.7 Å². The van der Waals surface area contributed by atoms with Gasteiger partial charge in [-0.1, -0.05) is 17.4 Å². The number of thiazole rings is 1. The van der Waals surface area contributed by atoms with Crippen molar-refractivity contribution in [3.05, 3.63) is 81.9 Å². The lowest BCUT2D eigenvalue weighted by Crippen LogP contribution is -2.31. The van der Waals surface area contributed by atoms with Crippen molar-refractivity contribution in [1.82, 2.24) is 9.97 Å². The molecular formula is C22H17FN4O5S. The molecule has 33 heavy (non-hydrogen) atoms. The van der Waals surface area contributed by atoms with Gasteiger partial charge in [-0.25, -0.2) is 9.37 Å². The first kappa shape index (κ1) is 22.1. The summed E-state index contributed by atoms with van der Waals surface area (Å²) in [6, 6.07) is 11.7. The van der Waals surface area contributed by atoms with Crippen LogP contribution < -0.4 is 14.4 Å². The van der Waals surface area contributed by atoms with E-state index in [2.05, 4.69) is 9.97 Å². The lowest BCUT2D eigenvalue weighted by atomic mass is 10.1. The molecule has 2 aromatic carbocycles. The molecule has 1 amide bonds. The molecule has 0 aliphatic rings. The molecule has 0 atom stereocenters. The second-order valence-corrected chi connectivity index (χ2v) is 7.81. The minimum absolute atomic E-state index is 0.00647. The van der Waals surface area contributed by atoms with Gasteiger partial charge >= 0.3 is 0 Å². The molecule has 0 aliphatic heterocycles. The summed E-state index contributed by atoms with van der Waals surface area (Å²) < 4.78 is 24.6. The van der Waals surface area contributed by atoms with Crippen LogP contribution >= 0.6 is 11.3 Å². The first-order valence-electron chi connectivity index (χ1n) is 9.59. The van der Waals surface area contributed by atoms with Gasteiger partial charge in [0.2, 0.25) is 0 Å². The van der Waals surface area contributed by atoms with Crippen LogP contribution in [0.4, 0.5) is 15.2 Å². The Morgan fingerprint density at radius 1 is 1.15 bits per heavy atom. The van der Waals surface area contributed by atoms with Crippen LogP contribution in [0.2, 0.25) is 0 Å². The van der Waals surface area contributed by atoms with Crippen molar-refractivity contribution in [3.8, 4) is 11.5 Å².